The quantitative estimate of drug-likeness (QED) is 0.672. The zero-order valence-electron chi connectivity index (χ0n) is 7.33. The second-order valence-electron chi connectivity index (χ2n) is 2.51. The van der Waals surface area contributed by atoms with Crippen molar-refractivity contribution >= 4 is 11.6 Å². The predicted octanol–water partition coefficient (Wildman–Crippen LogP) is 2.69. The Labute approximate surface area is 81.4 Å². The third-order valence-corrected chi connectivity index (χ3v) is 1.51. The van der Waals surface area contributed by atoms with Gasteiger partial charge in [-0.3, -0.25) is 0 Å². The smallest absolute Gasteiger partial charge is 0.218 e. The molecule has 1 radical (unpaired) electrons. The maximum atomic E-state index is 3.96. The Morgan fingerprint density at radius 2 is 1.71 bits per heavy atom. The average molecular weight is 183 g/mol. The van der Waals surface area contributed by atoms with Crippen molar-refractivity contribution in [1.82, 2.24) is 9.97 Å². The molecule has 0 aliphatic carbocycles. The molecule has 4 heteroatoms. The predicted molar refractivity (Wildman–Crippen MR) is 51.5 cm³/mol. The van der Waals surface area contributed by atoms with E-state index < -0.39 is 0 Å². The van der Waals surface area contributed by atoms with Gasteiger partial charge in [0.1, 0.15) is 0 Å². The lowest BCUT2D eigenvalue weighted by atomic mass is 10.3. The highest BCUT2D eigenvalue weighted by Gasteiger charge is 1.89. The van der Waals surface area contributed by atoms with Crippen molar-refractivity contribution in [1.29, 1.82) is 0 Å². The van der Waals surface area contributed by atoms with Crippen molar-refractivity contribution < 1.29 is 0 Å². The van der Waals surface area contributed by atoms with Gasteiger partial charge in [-0.1, -0.05) is 12.1 Å². The monoisotopic (exact) mass is 183 g/mol. The first-order valence-electron chi connectivity index (χ1n) is 4.10. The molecule has 0 bridgehead atoms. The van der Waals surface area contributed by atoms with Gasteiger partial charge in [0.25, 0.3) is 5.95 Å². The van der Waals surface area contributed by atoms with Gasteiger partial charge in [0.05, 0.1) is 5.69 Å². The van der Waals surface area contributed by atoms with Gasteiger partial charge < -0.3 is 0 Å². The number of azo groups is 1. The van der Waals surface area contributed by atoms with Gasteiger partial charge in [0.15, 0.2) is 0 Å². The maximum absolute atomic E-state index is 3.96. The van der Waals surface area contributed by atoms with Crippen LogP contribution in [0.4, 0.5) is 11.6 Å². The molecule has 0 atom stereocenters. The lowest BCUT2D eigenvalue weighted by molar-refractivity contribution is 1.07. The lowest BCUT2D eigenvalue weighted by Crippen LogP contribution is -1.75. The lowest BCUT2D eigenvalue weighted by Gasteiger charge is -1.89. The zero-order chi connectivity index (χ0) is 9.64. The highest BCUT2D eigenvalue weighted by Crippen LogP contribution is 2.12. The van der Waals surface area contributed by atoms with Crippen molar-refractivity contribution in [2.24, 2.45) is 10.2 Å². The van der Waals surface area contributed by atoms with E-state index in [-0.39, 0.29) is 0 Å². The van der Waals surface area contributed by atoms with Crippen LogP contribution < -0.4 is 0 Å². The summed E-state index contributed by atoms with van der Waals surface area (Å²) in [6, 6.07) is 11.8. The van der Waals surface area contributed by atoms with Gasteiger partial charge in [0, 0.05) is 12.4 Å². The Hall–Kier alpha value is -2.10. The molecule has 1 aromatic carbocycles. The summed E-state index contributed by atoms with van der Waals surface area (Å²) >= 11 is 0. The molecule has 67 valence electrons. The minimum absolute atomic E-state index is 0.361. The molecular weight excluding hydrogens is 176 g/mol. The van der Waals surface area contributed by atoms with Crippen molar-refractivity contribution in [3.05, 3.63) is 48.8 Å². The Bertz CT molecular complexity index is 369. The van der Waals surface area contributed by atoms with Crippen LogP contribution in [-0.2, 0) is 0 Å². The first kappa shape index (κ1) is 8.50. The van der Waals surface area contributed by atoms with Gasteiger partial charge in [-0.25, -0.2) is 9.97 Å². The zero-order valence-corrected chi connectivity index (χ0v) is 7.33. The summed E-state index contributed by atoms with van der Waals surface area (Å²) in [4.78, 5) is 7.83. The van der Waals surface area contributed by atoms with Gasteiger partial charge in [-0.2, -0.15) is 0 Å². The van der Waals surface area contributed by atoms with Crippen LogP contribution in [0.1, 0.15) is 0 Å². The molecule has 0 N–H and O–H groups in total. The van der Waals surface area contributed by atoms with E-state index in [1.165, 1.54) is 0 Å². The molecule has 0 saturated carbocycles. The fraction of sp³-hybridized carbons (Fsp3) is 0. The normalized spacial score (nSPS) is 10.6. The van der Waals surface area contributed by atoms with Crippen LogP contribution in [0, 0.1) is 6.07 Å². The molecule has 0 amide bonds. The van der Waals surface area contributed by atoms with E-state index in [1.54, 1.807) is 30.6 Å². The molecule has 1 aromatic heterocycles. The first-order valence-corrected chi connectivity index (χ1v) is 4.10. The molecule has 0 unspecified atom stereocenters. The third kappa shape index (κ3) is 2.20. The van der Waals surface area contributed by atoms with Crippen LogP contribution in [0.2, 0.25) is 0 Å². The SMILES string of the molecule is [c]1ccc(N=Nc2ncccn2)cc1. The van der Waals surface area contributed by atoms with Gasteiger partial charge >= 0.3 is 0 Å². The van der Waals surface area contributed by atoms with E-state index in [0.29, 0.717) is 5.95 Å². The third-order valence-electron chi connectivity index (χ3n) is 1.51. The van der Waals surface area contributed by atoms with Crippen LogP contribution in [-0.4, -0.2) is 9.97 Å². The topological polar surface area (TPSA) is 50.5 Å². The number of rotatable bonds is 2. The summed E-state index contributed by atoms with van der Waals surface area (Å²) in [5.74, 6) is 0.361. The summed E-state index contributed by atoms with van der Waals surface area (Å²) in [5, 5.41) is 7.82. The van der Waals surface area contributed by atoms with E-state index in [0.717, 1.165) is 5.69 Å². The Kier molecular flexibility index (Phi) is 2.56. The van der Waals surface area contributed by atoms with Crippen molar-refractivity contribution in [3.63, 3.8) is 0 Å². The summed E-state index contributed by atoms with van der Waals surface area (Å²) in [6.07, 6.45) is 3.25. The standard InChI is InChI=1S/C10H7N4/c1-2-5-9(6-3-1)13-14-10-11-7-4-8-12-10/h2-8H. The van der Waals surface area contributed by atoms with Crippen molar-refractivity contribution in [2.45, 2.75) is 0 Å². The first-order chi connectivity index (χ1) is 6.95. The summed E-state index contributed by atoms with van der Waals surface area (Å²) in [5.41, 5.74) is 0.760. The second kappa shape index (κ2) is 4.23. The van der Waals surface area contributed by atoms with Gasteiger partial charge in [-0.05, 0) is 24.3 Å². The highest BCUT2D eigenvalue weighted by atomic mass is 15.2. The average Bonchev–Trinajstić information content (AvgIpc) is 2.29. The van der Waals surface area contributed by atoms with E-state index in [9.17, 15) is 0 Å². The van der Waals surface area contributed by atoms with E-state index in [1.807, 2.05) is 12.1 Å². The molecule has 2 rings (SSSR count). The van der Waals surface area contributed by atoms with Crippen LogP contribution in [0.15, 0.2) is 53.0 Å². The van der Waals surface area contributed by atoms with Gasteiger partial charge in [0.2, 0.25) is 0 Å². The molecule has 0 aliphatic heterocycles. The molecule has 0 saturated heterocycles. The van der Waals surface area contributed by atoms with Crippen molar-refractivity contribution in [3.8, 4) is 0 Å². The number of aromatic nitrogens is 2. The molecule has 0 aliphatic rings. The largest absolute Gasteiger partial charge is 0.268 e. The summed E-state index contributed by atoms with van der Waals surface area (Å²) in [7, 11) is 0. The summed E-state index contributed by atoms with van der Waals surface area (Å²) in [6.45, 7) is 0. The van der Waals surface area contributed by atoms with Gasteiger partial charge in [-0.15, -0.1) is 10.2 Å². The van der Waals surface area contributed by atoms with Crippen LogP contribution in [0.25, 0.3) is 0 Å². The minimum atomic E-state index is 0.361. The Morgan fingerprint density at radius 1 is 1.00 bits per heavy atom. The number of hydrogen-bond acceptors (Lipinski definition) is 4. The molecule has 0 fully saturated rings. The number of hydrogen-bond donors (Lipinski definition) is 0. The second-order valence-corrected chi connectivity index (χ2v) is 2.51. The number of nitrogens with zero attached hydrogens (tertiary/aromatic N) is 4. The molecule has 0 spiro atoms. The molecule has 2 aromatic rings. The van der Waals surface area contributed by atoms with E-state index in [2.05, 4.69) is 26.3 Å². The van der Waals surface area contributed by atoms with Crippen LogP contribution in [0.3, 0.4) is 0 Å². The molecular formula is C10H7N4. The minimum Gasteiger partial charge on any atom is -0.218 e. The fourth-order valence-electron chi connectivity index (χ4n) is 0.890. The fourth-order valence-corrected chi connectivity index (χ4v) is 0.890. The molecule has 1 heterocycles. The Balaban J connectivity index is 2.16. The highest BCUT2D eigenvalue weighted by molar-refractivity contribution is 5.35. The maximum Gasteiger partial charge on any atom is 0.268 e. The van der Waals surface area contributed by atoms with Crippen LogP contribution in [0.5, 0.6) is 0 Å². The Morgan fingerprint density at radius 3 is 2.43 bits per heavy atom. The summed E-state index contributed by atoms with van der Waals surface area (Å²) < 4.78 is 0. The van der Waals surface area contributed by atoms with Crippen molar-refractivity contribution in [2.75, 3.05) is 0 Å². The van der Waals surface area contributed by atoms with E-state index in [4.69, 9.17) is 0 Å². The molecule has 14 heavy (non-hydrogen) atoms. The number of benzene rings is 1. The molecule has 4 nitrogen and oxygen atoms in total. The van der Waals surface area contributed by atoms with Crippen LogP contribution >= 0.6 is 0 Å². The van der Waals surface area contributed by atoms with E-state index >= 15 is 0 Å².